The topological polar surface area (TPSA) is 79.3 Å². The molecule has 5 nitrogen and oxygen atoms in total. The molecule has 1 amide bonds. The van der Waals surface area contributed by atoms with Crippen LogP contribution in [0.15, 0.2) is 42.6 Å². The Kier molecular flexibility index (Phi) is 3.56. The van der Waals surface area contributed by atoms with Crippen LogP contribution < -0.4 is 5.32 Å². The molecule has 0 bridgehead atoms. The van der Waals surface area contributed by atoms with Crippen molar-refractivity contribution in [1.82, 2.24) is 4.98 Å². The van der Waals surface area contributed by atoms with Crippen molar-refractivity contribution in [3.05, 3.63) is 59.4 Å². The first-order valence-electron chi connectivity index (χ1n) is 5.63. The minimum Gasteiger partial charge on any atom is -0.478 e. The third kappa shape index (κ3) is 3.16. The van der Waals surface area contributed by atoms with Crippen molar-refractivity contribution in [3.8, 4) is 0 Å². The van der Waals surface area contributed by atoms with E-state index in [9.17, 15) is 9.59 Å². The highest BCUT2D eigenvalue weighted by atomic mass is 16.4. The molecule has 2 aromatic rings. The second-order valence-corrected chi connectivity index (χ2v) is 4.02. The first-order chi connectivity index (χ1) is 9.06. The first-order valence-corrected chi connectivity index (χ1v) is 5.63. The Balaban J connectivity index is 2.11. The number of amides is 1. The Morgan fingerprint density at radius 1 is 1.05 bits per heavy atom. The molecule has 0 unspecified atom stereocenters. The number of nitrogens with zero attached hydrogens (tertiary/aromatic N) is 1. The van der Waals surface area contributed by atoms with E-state index in [1.165, 1.54) is 24.3 Å². The monoisotopic (exact) mass is 256 g/mol. The smallest absolute Gasteiger partial charge is 0.335 e. The van der Waals surface area contributed by atoms with Crippen LogP contribution in [-0.2, 0) is 0 Å². The highest BCUT2D eigenvalue weighted by Crippen LogP contribution is 2.10. The van der Waals surface area contributed by atoms with Crippen molar-refractivity contribution in [3.63, 3.8) is 0 Å². The van der Waals surface area contributed by atoms with Crippen molar-refractivity contribution >= 4 is 17.6 Å². The molecule has 0 aliphatic heterocycles. The summed E-state index contributed by atoms with van der Waals surface area (Å²) in [6.45, 7) is 1.86. The molecule has 0 radical (unpaired) electrons. The van der Waals surface area contributed by atoms with Crippen molar-refractivity contribution in [2.24, 2.45) is 0 Å². The van der Waals surface area contributed by atoms with Crippen LogP contribution >= 0.6 is 0 Å². The Bertz CT molecular complexity index is 604. The van der Waals surface area contributed by atoms with Gasteiger partial charge < -0.3 is 10.4 Å². The minimum atomic E-state index is -1.02. The predicted octanol–water partition coefficient (Wildman–Crippen LogP) is 2.34. The first kappa shape index (κ1) is 12.8. The summed E-state index contributed by atoms with van der Waals surface area (Å²) in [5, 5.41) is 11.5. The van der Waals surface area contributed by atoms with Gasteiger partial charge in [-0.2, -0.15) is 0 Å². The molecule has 0 atom stereocenters. The van der Waals surface area contributed by atoms with Crippen molar-refractivity contribution in [2.75, 3.05) is 5.32 Å². The average molecular weight is 256 g/mol. The molecule has 1 aromatic heterocycles. The molecule has 5 heteroatoms. The molecule has 0 spiro atoms. The Labute approximate surface area is 109 Å². The van der Waals surface area contributed by atoms with Gasteiger partial charge >= 0.3 is 5.97 Å². The van der Waals surface area contributed by atoms with E-state index in [1.54, 1.807) is 18.3 Å². The fraction of sp³-hybridized carbons (Fsp3) is 0.0714. The van der Waals surface area contributed by atoms with Gasteiger partial charge in [0.15, 0.2) is 0 Å². The number of carbonyl (C=O) groups is 2. The van der Waals surface area contributed by atoms with Crippen LogP contribution in [-0.4, -0.2) is 22.0 Å². The molecule has 0 aliphatic rings. The van der Waals surface area contributed by atoms with E-state index >= 15 is 0 Å². The molecule has 2 N–H and O–H groups in total. The number of nitrogens with one attached hydrogen (secondary N) is 1. The lowest BCUT2D eigenvalue weighted by molar-refractivity contribution is 0.0696. The van der Waals surface area contributed by atoms with E-state index in [0.29, 0.717) is 11.3 Å². The fourth-order valence-electron chi connectivity index (χ4n) is 1.51. The van der Waals surface area contributed by atoms with Gasteiger partial charge in [-0.05, 0) is 43.3 Å². The zero-order valence-electron chi connectivity index (χ0n) is 10.3. The quantitative estimate of drug-likeness (QED) is 0.883. The van der Waals surface area contributed by atoms with Crippen LogP contribution in [0.25, 0.3) is 0 Å². The van der Waals surface area contributed by atoms with Gasteiger partial charge in [0, 0.05) is 11.3 Å². The molecular weight excluding hydrogens is 244 g/mol. The van der Waals surface area contributed by atoms with Crippen LogP contribution in [0.3, 0.4) is 0 Å². The number of carboxylic acid groups (broad SMARTS) is 1. The van der Waals surface area contributed by atoms with Gasteiger partial charge in [0.25, 0.3) is 5.91 Å². The minimum absolute atomic E-state index is 0.147. The average Bonchev–Trinajstić information content (AvgIpc) is 2.41. The summed E-state index contributed by atoms with van der Waals surface area (Å²) < 4.78 is 0. The van der Waals surface area contributed by atoms with E-state index in [-0.39, 0.29) is 11.5 Å². The normalized spacial score (nSPS) is 9.95. The van der Waals surface area contributed by atoms with Gasteiger partial charge in [-0.25, -0.2) is 4.79 Å². The molecule has 96 valence electrons. The number of aryl methyl sites for hydroxylation is 1. The number of hydrogen-bond donors (Lipinski definition) is 2. The molecule has 2 rings (SSSR count). The zero-order valence-corrected chi connectivity index (χ0v) is 10.3. The zero-order chi connectivity index (χ0) is 13.8. The Hall–Kier alpha value is -2.69. The third-order valence-electron chi connectivity index (χ3n) is 2.56. The summed E-state index contributed by atoms with van der Waals surface area (Å²) in [4.78, 5) is 26.7. The number of benzene rings is 1. The van der Waals surface area contributed by atoms with E-state index in [2.05, 4.69) is 10.3 Å². The highest BCUT2D eigenvalue weighted by molar-refractivity contribution is 6.04. The lowest BCUT2D eigenvalue weighted by Crippen LogP contribution is -2.12. The number of anilines is 1. The molecule has 19 heavy (non-hydrogen) atoms. The molecule has 0 fully saturated rings. The maximum absolute atomic E-state index is 11.9. The molecule has 1 heterocycles. The number of aromatic nitrogens is 1. The summed E-state index contributed by atoms with van der Waals surface area (Å²) in [5.74, 6) is -1.32. The van der Waals surface area contributed by atoms with E-state index < -0.39 is 5.97 Å². The van der Waals surface area contributed by atoms with Crippen LogP contribution in [0.4, 0.5) is 5.69 Å². The summed E-state index contributed by atoms with van der Waals surface area (Å²) >= 11 is 0. The maximum atomic E-state index is 11.9. The molecule has 0 saturated carbocycles. The van der Waals surface area contributed by atoms with E-state index in [1.807, 2.05) is 6.92 Å². The number of rotatable bonds is 3. The molecule has 1 aromatic carbocycles. The SMILES string of the molecule is Cc1ccc(NC(=O)c2ccc(C(=O)O)cc2)cn1. The summed E-state index contributed by atoms with van der Waals surface area (Å²) in [6.07, 6.45) is 1.57. The van der Waals surface area contributed by atoms with Gasteiger partial charge in [-0.1, -0.05) is 0 Å². The highest BCUT2D eigenvalue weighted by Gasteiger charge is 2.08. The lowest BCUT2D eigenvalue weighted by atomic mass is 10.1. The summed E-state index contributed by atoms with van der Waals surface area (Å²) in [5.41, 5.74) is 2.00. The second kappa shape index (κ2) is 5.30. The molecular formula is C14H12N2O3. The third-order valence-corrected chi connectivity index (χ3v) is 2.56. The second-order valence-electron chi connectivity index (χ2n) is 4.02. The number of hydrogen-bond acceptors (Lipinski definition) is 3. The fourth-order valence-corrected chi connectivity index (χ4v) is 1.51. The number of carboxylic acids is 1. The number of carbonyl (C=O) groups excluding carboxylic acids is 1. The van der Waals surface area contributed by atoms with Crippen molar-refractivity contribution < 1.29 is 14.7 Å². The summed E-state index contributed by atoms with van der Waals surface area (Å²) in [6, 6.07) is 9.28. The van der Waals surface area contributed by atoms with Gasteiger partial charge in [0.1, 0.15) is 0 Å². The van der Waals surface area contributed by atoms with Crippen LogP contribution in [0.1, 0.15) is 26.4 Å². The van der Waals surface area contributed by atoms with Crippen molar-refractivity contribution in [1.29, 1.82) is 0 Å². The van der Waals surface area contributed by atoms with Crippen molar-refractivity contribution in [2.45, 2.75) is 6.92 Å². The van der Waals surface area contributed by atoms with E-state index in [0.717, 1.165) is 5.69 Å². The van der Waals surface area contributed by atoms with Gasteiger partial charge in [0.05, 0.1) is 17.4 Å². The van der Waals surface area contributed by atoms with Gasteiger partial charge in [-0.15, -0.1) is 0 Å². The molecule has 0 aliphatic carbocycles. The van der Waals surface area contributed by atoms with Gasteiger partial charge in [0.2, 0.25) is 0 Å². The van der Waals surface area contributed by atoms with Gasteiger partial charge in [-0.3, -0.25) is 9.78 Å². The van der Waals surface area contributed by atoms with Crippen LogP contribution in [0, 0.1) is 6.92 Å². The Morgan fingerprint density at radius 2 is 1.68 bits per heavy atom. The standard InChI is InChI=1S/C14H12N2O3/c1-9-2-7-12(8-15-9)16-13(17)10-3-5-11(6-4-10)14(18)19/h2-8H,1H3,(H,16,17)(H,18,19). The lowest BCUT2D eigenvalue weighted by Gasteiger charge is -2.05. The van der Waals surface area contributed by atoms with E-state index in [4.69, 9.17) is 5.11 Å². The maximum Gasteiger partial charge on any atom is 0.335 e. The Morgan fingerprint density at radius 3 is 2.21 bits per heavy atom. The summed E-state index contributed by atoms with van der Waals surface area (Å²) in [7, 11) is 0. The van der Waals surface area contributed by atoms with Crippen LogP contribution in [0.5, 0.6) is 0 Å². The number of pyridine rings is 1. The number of aromatic carboxylic acids is 1. The molecule has 0 saturated heterocycles. The largest absolute Gasteiger partial charge is 0.478 e. The van der Waals surface area contributed by atoms with Crippen LogP contribution in [0.2, 0.25) is 0 Å². The predicted molar refractivity (Wildman–Crippen MR) is 70.3 cm³/mol.